The van der Waals surface area contributed by atoms with Gasteiger partial charge in [-0.15, -0.1) is 0 Å². The lowest BCUT2D eigenvalue weighted by atomic mass is 10.1. The second-order valence-electron chi connectivity index (χ2n) is 4.43. The van der Waals surface area contributed by atoms with Gasteiger partial charge in [0.25, 0.3) is 0 Å². The maximum atomic E-state index is 12.3. The first-order valence-electron chi connectivity index (χ1n) is 6.49. The summed E-state index contributed by atoms with van der Waals surface area (Å²) in [7, 11) is 2.82. The Bertz CT molecular complexity index is 708. The lowest BCUT2D eigenvalue weighted by Crippen LogP contribution is -2.01. The van der Waals surface area contributed by atoms with E-state index < -0.39 is 5.78 Å². The van der Waals surface area contributed by atoms with Crippen molar-refractivity contribution < 1.29 is 19.4 Å². The van der Waals surface area contributed by atoms with E-state index >= 15 is 0 Å². The van der Waals surface area contributed by atoms with Crippen LogP contribution in [0.1, 0.15) is 15.9 Å². The van der Waals surface area contributed by atoms with Crippen LogP contribution >= 0.6 is 11.6 Å². The molecule has 0 saturated carbocycles. The number of phenols is 1. The number of carbonyl (C=O) groups excluding carboxylic acids is 1. The van der Waals surface area contributed by atoms with Gasteiger partial charge in [-0.1, -0.05) is 48.0 Å². The number of allylic oxidation sites excluding steroid dienone is 1. The fraction of sp³-hybridized carbons (Fsp3) is 0.118. The van der Waals surface area contributed by atoms with Crippen LogP contribution in [-0.2, 0) is 0 Å². The average Bonchev–Trinajstić information content (AvgIpc) is 2.55. The quantitative estimate of drug-likeness (QED) is 0.669. The van der Waals surface area contributed by atoms with Crippen LogP contribution < -0.4 is 9.47 Å². The SMILES string of the molecule is COc1cc(OC)c(C(=O)/C=C/c2ccccc2)c(O)c1Cl. The van der Waals surface area contributed by atoms with Crippen molar-refractivity contribution in [3.8, 4) is 17.2 Å². The van der Waals surface area contributed by atoms with Gasteiger partial charge in [0.15, 0.2) is 11.5 Å². The molecular weight excluding hydrogens is 304 g/mol. The van der Waals surface area contributed by atoms with E-state index in [1.54, 1.807) is 6.08 Å². The predicted octanol–water partition coefficient (Wildman–Crippen LogP) is 3.96. The van der Waals surface area contributed by atoms with Crippen molar-refractivity contribution in [2.45, 2.75) is 0 Å². The van der Waals surface area contributed by atoms with Gasteiger partial charge in [0, 0.05) is 6.07 Å². The molecule has 2 aromatic carbocycles. The second-order valence-corrected chi connectivity index (χ2v) is 4.80. The molecule has 5 heteroatoms. The number of halogens is 1. The van der Waals surface area contributed by atoms with Gasteiger partial charge in [-0.3, -0.25) is 4.79 Å². The Morgan fingerprint density at radius 2 is 1.77 bits per heavy atom. The minimum absolute atomic E-state index is 0.000445. The number of benzene rings is 2. The predicted molar refractivity (Wildman–Crippen MR) is 86.0 cm³/mol. The lowest BCUT2D eigenvalue weighted by Gasteiger charge is -2.12. The van der Waals surface area contributed by atoms with Crippen LogP contribution in [0.3, 0.4) is 0 Å². The van der Waals surface area contributed by atoms with Crippen molar-refractivity contribution in [1.82, 2.24) is 0 Å². The van der Waals surface area contributed by atoms with Crippen molar-refractivity contribution in [2.75, 3.05) is 14.2 Å². The van der Waals surface area contributed by atoms with Crippen molar-refractivity contribution in [3.05, 3.63) is 58.6 Å². The molecule has 0 amide bonds. The van der Waals surface area contributed by atoms with E-state index in [1.807, 2.05) is 30.3 Å². The van der Waals surface area contributed by atoms with Crippen LogP contribution in [0.4, 0.5) is 0 Å². The van der Waals surface area contributed by atoms with Gasteiger partial charge in [0.1, 0.15) is 22.1 Å². The summed E-state index contributed by atoms with van der Waals surface area (Å²) < 4.78 is 10.2. The molecule has 22 heavy (non-hydrogen) atoms. The topological polar surface area (TPSA) is 55.8 Å². The number of ether oxygens (including phenoxy) is 2. The molecule has 114 valence electrons. The Morgan fingerprint density at radius 1 is 1.14 bits per heavy atom. The third-order valence-corrected chi connectivity index (χ3v) is 3.45. The number of hydrogen-bond acceptors (Lipinski definition) is 4. The Kier molecular flexibility index (Phi) is 5.07. The number of ketones is 1. The summed E-state index contributed by atoms with van der Waals surface area (Å²) in [5.74, 6) is -0.343. The van der Waals surface area contributed by atoms with Crippen LogP contribution in [0.15, 0.2) is 42.5 Å². The summed E-state index contributed by atoms with van der Waals surface area (Å²) in [6.07, 6.45) is 3.01. The first kappa shape index (κ1) is 15.9. The van der Waals surface area contributed by atoms with E-state index in [1.165, 1.54) is 26.4 Å². The zero-order valence-corrected chi connectivity index (χ0v) is 12.9. The number of methoxy groups -OCH3 is 2. The molecule has 0 fully saturated rings. The summed E-state index contributed by atoms with van der Waals surface area (Å²) in [6, 6.07) is 10.8. The van der Waals surface area contributed by atoms with Gasteiger partial charge in [-0.25, -0.2) is 0 Å². The molecule has 0 aromatic heterocycles. The lowest BCUT2D eigenvalue weighted by molar-refractivity contribution is 0.104. The van der Waals surface area contributed by atoms with Gasteiger partial charge in [0.05, 0.1) is 14.2 Å². The molecule has 0 saturated heterocycles. The van der Waals surface area contributed by atoms with Gasteiger partial charge in [0.2, 0.25) is 0 Å². The van der Waals surface area contributed by atoms with Gasteiger partial charge in [-0.2, -0.15) is 0 Å². The third-order valence-electron chi connectivity index (χ3n) is 3.08. The number of phenolic OH excluding ortho intramolecular Hbond substituents is 1. The molecule has 0 unspecified atom stereocenters. The van der Waals surface area contributed by atoms with Crippen molar-refractivity contribution in [3.63, 3.8) is 0 Å². The van der Waals surface area contributed by atoms with Crippen LogP contribution in [-0.4, -0.2) is 25.1 Å². The zero-order chi connectivity index (χ0) is 16.1. The third kappa shape index (κ3) is 3.23. The fourth-order valence-corrected chi connectivity index (χ4v) is 2.19. The first-order valence-corrected chi connectivity index (χ1v) is 6.87. The van der Waals surface area contributed by atoms with Crippen molar-refractivity contribution in [1.29, 1.82) is 0 Å². The Hall–Kier alpha value is -2.46. The molecule has 0 atom stereocenters. The maximum Gasteiger partial charge on any atom is 0.193 e. The zero-order valence-electron chi connectivity index (χ0n) is 12.2. The summed E-state index contributed by atoms with van der Waals surface area (Å²) in [5.41, 5.74) is 0.870. The van der Waals surface area contributed by atoms with Crippen molar-refractivity contribution in [2.24, 2.45) is 0 Å². The van der Waals surface area contributed by atoms with Crippen LogP contribution in [0, 0.1) is 0 Å². The number of rotatable bonds is 5. The largest absolute Gasteiger partial charge is 0.505 e. The molecule has 1 N–H and O–H groups in total. The molecule has 0 bridgehead atoms. The van der Waals surface area contributed by atoms with Crippen LogP contribution in [0.25, 0.3) is 6.08 Å². The van der Waals surface area contributed by atoms with E-state index in [-0.39, 0.29) is 27.8 Å². The molecular formula is C17H15ClO4. The summed E-state index contributed by atoms with van der Waals surface area (Å²) in [5, 5.41) is 10.1. The molecule has 0 heterocycles. The molecule has 2 aromatic rings. The van der Waals surface area contributed by atoms with Crippen LogP contribution in [0.2, 0.25) is 5.02 Å². The minimum Gasteiger partial charge on any atom is -0.505 e. The highest BCUT2D eigenvalue weighted by atomic mass is 35.5. The fourth-order valence-electron chi connectivity index (χ4n) is 1.96. The Morgan fingerprint density at radius 3 is 2.36 bits per heavy atom. The summed E-state index contributed by atoms with van der Waals surface area (Å²) >= 11 is 5.98. The molecule has 4 nitrogen and oxygen atoms in total. The molecule has 0 aliphatic heterocycles. The maximum absolute atomic E-state index is 12.3. The highest BCUT2D eigenvalue weighted by molar-refractivity contribution is 6.34. The van der Waals surface area contributed by atoms with Gasteiger partial charge < -0.3 is 14.6 Å². The number of carbonyl (C=O) groups is 1. The summed E-state index contributed by atoms with van der Waals surface area (Å²) in [6.45, 7) is 0. The van der Waals surface area contributed by atoms with E-state index in [4.69, 9.17) is 21.1 Å². The van der Waals surface area contributed by atoms with Gasteiger partial charge in [-0.05, 0) is 11.6 Å². The van der Waals surface area contributed by atoms with E-state index in [2.05, 4.69) is 0 Å². The van der Waals surface area contributed by atoms with E-state index in [0.717, 1.165) is 5.56 Å². The molecule has 0 aliphatic carbocycles. The Balaban J connectivity index is 2.41. The number of hydrogen-bond donors (Lipinski definition) is 1. The molecule has 0 aliphatic rings. The summed E-state index contributed by atoms with van der Waals surface area (Å²) in [4.78, 5) is 12.3. The number of aromatic hydroxyl groups is 1. The Labute approximate surface area is 133 Å². The monoisotopic (exact) mass is 318 g/mol. The highest BCUT2D eigenvalue weighted by Gasteiger charge is 2.21. The average molecular weight is 319 g/mol. The molecule has 0 spiro atoms. The molecule has 2 rings (SSSR count). The standard InChI is InChI=1S/C17H15ClO4/c1-21-13-10-14(22-2)16(18)17(20)15(13)12(19)9-8-11-6-4-3-5-7-11/h3-10,20H,1-2H3/b9-8+. The second kappa shape index (κ2) is 7.00. The normalized spacial score (nSPS) is 10.7. The smallest absolute Gasteiger partial charge is 0.193 e. The first-order chi connectivity index (χ1) is 10.6. The molecule has 0 radical (unpaired) electrons. The van der Waals surface area contributed by atoms with E-state index in [9.17, 15) is 9.90 Å². The van der Waals surface area contributed by atoms with Crippen LogP contribution in [0.5, 0.6) is 17.2 Å². The van der Waals surface area contributed by atoms with Gasteiger partial charge >= 0.3 is 0 Å². The minimum atomic E-state index is -0.414. The van der Waals surface area contributed by atoms with Crippen molar-refractivity contribution >= 4 is 23.5 Å². The van der Waals surface area contributed by atoms with E-state index in [0.29, 0.717) is 0 Å². The highest BCUT2D eigenvalue weighted by Crippen LogP contribution is 2.42.